The highest BCUT2D eigenvalue weighted by molar-refractivity contribution is 7.92. The molecule has 2 N–H and O–H groups in total. The Hall–Kier alpha value is -1.95. The molecule has 0 saturated carbocycles. The van der Waals surface area contributed by atoms with Crippen LogP contribution in [0.15, 0.2) is 42.6 Å². The van der Waals surface area contributed by atoms with Gasteiger partial charge in [-0.1, -0.05) is 19.1 Å². The number of aryl methyl sites for hydroxylation is 1. The van der Waals surface area contributed by atoms with E-state index in [1.807, 2.05) is 18.2 Å². The molecule has 6 heteroatoms. The van der Waals surface area contributed by atoms with Crippen molar-refractivity contribution in [3.8, 4) is 0 Å². The number of benzene rings is 1. The summed E-state index contributed by atoms with van der Waals surface area (Å²) in [6, 6.07) is 11.4. The molecular formula is C15H21N3O2S. The van der Waals surface area contributed by atoms with Crippen LogP contribution in [-0.2, 0) is 23.1 Å². The molecule has 0 aliphatic heterocycles. The molecule has 0 fully saturated rings. The summed E-state index contributed by atoms with van der Waals surface area (Å²) >= 11 is 0. The maximum atomic E-state index is 11.4. The van der Waals surface area contributed by atoms with Gasteiger partial charge in [-0.05, 0) is 30.7 Å². The Morgan fingerprint density at radius 2 is 1.81 bits per heavy atom. The fraction of sp³-hybridized carbons (Fsp3) is 0.333. The quantitative estimate of drug-likeness (QED) is 0.827. The first kappa shape index (κ1) is 15.4. The molecule has 21 heavy (non-hydrogen) atoms. The van der Waals surface area contributed by atoms with E-state index >= 15 is 0 Å². The van der Waals surface area contributed by atoms with Crippen molar-refractivity contribution in [2.45, 2.75) is 26.4 Å². The van der Waals surface area contributed by atoms with Crippen LogP contribution < -0.4 is 10.0 Å². The van der Waals surface area contributed by atoms with E-state index in [-0.39, 0.29) is 0 Å². The van der Waals surface area contributed by atoms with Crippen LogP contribution in [0.1, 0.15) is 19.0 Å². The minimum absolute atomic E-state index is 0.564. The van der Waals surface area contributed by atoms with E-state index in [0.717, 1.165) is 24.9 Å². The zero-order valence-corrected chi connectivity index (χ0v) is 13.2. The molecule has 2 aromatic rings. The van der Waals surface area contributed by atoms with E-state index in [1.165, 1.54) is 5.69 Å². The highest BCUT2D eigenvalue weighted by atomic mass is 32.2. The Bertz CT molecular complexity index is 692. The summed E-state index contributed by atoms with van der Waals surface area (Å²) in [7, 11) is -3.28. The van der Waals surface area contributed by atoms with Crippen LogP contribution in [0.4, 0.5) is 11.4 Å². The minimum atomic E-state index is -3.28. The summed E-state index contributed by atoms with van der Waals surface area (Å²) in [4.78, 5) is 0. The van der Waals surface area contributed by atoms with Crippen molar-refractivity contribution in [3.63, 3.8) is 0 Å². The van der Waals surface area contributed by atoms with Gasteiger partial charge in [0.25, 0.3) is 0 Å². The van der Waals surface area contributed by atoms with Gasteiger partial charge in [0.05, 0.1) is 24.2 Å². The van der Waals surface area contributed by atoms with Crippen LogP contribution in [0.2, 0.25) is 0 Å². The minimum Gasteiger partial charge on any atom is -0.378 e. The molecule has 0 aliphatic rings. The van der Waals surface area contributed by atoms with Crippen molar-refractivity contribution in [2.24, 2.45) is 0 Å². The Balaban J connectivity index is 2.11. The summed E-state index contributed by atoms with van der Waals surface area (Å²) in [6.45, 7) is 3.77. The van der Waals surface area contributed by atoms with Gasteiger partial charge < -0.3 is 9.88 Å². The summed E-state index contributed by atoms with van der Waals surface area (Å²) < 4.78 is 27.5. The summed E-state index contributed by atoms with van der Waals surface area (Å²) in [6.07, 6.45) is 4.28. The Morgan fingerprint density at radius 1 is 1.10 bits per heavy atom. The van der Waals surface area contributed by atoms with E-state index in [9.17, 15) is 8.42 Å². The molecule has 2 rings (SSSR count). The fourth-order valence-electron chi connectivity index (χ4n) is 2.18. The number of sulfonamides is 1. The molecule has 5 nitrogen and oxygen atoms in total. The largest absolute Gasteiger partial charge is 0.378 e. The average Bonchev–Trinajstić information content (AvgIpc) is 2.84. The van der Waals surface area contributed by atoms with Crippen molar-refractivity contribution >= 4 is 21.4 Å². The van der Waals surface area contributed by atoms with Gasteiger partial charge in [0, 0.05) is 18.4 Å². The molecular weight excluding hydrogens is 286 g/mol. The number of nitrogens with zero attached hydrogens (tertiary/aromatic N) is 1. The molecule has 1 aromatic heterocycles. The van der Waals surface area contributed by atoms with Gasteiger partial charge >= 0.3 is 0 Å². The standard InChI is InChI=1S/C15H21N3O2S/c1-3-10-18-11-6-7-13(18)12-16-14-8-4-5-9-15(14)17-21(2,19)20/h4-9,11,16-17H,3,10,12H2,1-2H3. The lowest BCUT2D eigenvalue weighted by molar-refractivity contribution is 0.607. The predicted molar refractivity (Wildman–Crippen MR) is 87.0 cm³/mol. The summed E-state index contributed by atoms with van der Waals surface area (Å²) in [5, 5.41) is 3.29. The van der Waals surface area contributed by atoms with Gasteiger partial charge in [-0.3, -0.25) is 4.72 Å². The third kappa shape index (κ3) is 4.53. The Kier molecular flexibility index (Phi) is 4.90. The van der Waals surface area contributed by atoms with E-state index in [4.69, 9.17) is 0 Å². The normalized spacial score (nSPS) is 11.3. The SMILES string of the molecule is CCCn1cccc1CNc1ccccc1NS(C)(=O)=O. The van der Waals surface area contributed by atoms with Crippen LogP contribution in [0.3, 0.4) is 0 Å². The highest BCUT2D eigenvalue weighted by Gasteiger charge is 2.07. The van der Waals surface area contributed by atoms with Crippen molar-refractivity contribution in [2.75, 3.05) is 16.3 Å². The zero-order chi connectivity index (χ0) is 15.3. The molecule has 0 saturated heterocycles. The van der Waals surface area contributed by atoms with E-state index < -0.39 is 10.0 Å². The van der Waals surface area contributed by atoms with Gasteiger partial charge in [-0.15, -0.1) is 0 Å². The average molecular weight is 307 g/mol. The molecule has 0 atom stereocenters. The van der Waals surface area contributed by atoms with Crippen molar-refractivity contribution in [1.82, 2.24) is 4.57 Å². The zero-order valence-electron chi connectivity index (χ0n) is 12.3. The molecule has 0 radical (unpaired) electrons. The lowest BCUT2D eigenvalue weighted by Crippen LogP contribution is -2.12. The maximum Gasteiger partial charge on any atom is 0.229 e. The number of hydrogen-bond acceptors (Lipinski definition) is 3. The van der Waals surface area contributed by atoms with Gasteiger partial charge in [0.15, 0.2) is 0 Å². The highest BCUT2D eigenvalue weighted by Crippen LogP contribution is 2.22. The van der Waals surface area contributed by atoms with Gasteiger partial charge in [0.1, 0.15) is 0 Å². The molecule has 0 amide bonds. The van der Waals surface area contributed by atoms with Crippen molar-refractivity contribution < 1.29 is 8.42 Å². The maximum absolute atomic E-state index is 11.4. The van der Waals surface area contributed by atoms with Crippen LogP contribution in [0, 0.1) is 0 Å². The van der Waals surface area contributed by atoms with Crippen LogP contribution in [-0.4, -0.2) is 19.2 Å². The van der Waals surface area contributed by atoms with E-state index in [1.54, 1.807) is 12.1 Å². The second-order valence-electron chi connectivity index (χ2n) is 4.97. The van der Waals surface area contributed by atoms with E-state index in [2.05, 4.69) is 33.8 Å². The van der Waals surface area contributed by atoms with Crippen LogP contribution in [0.25, 0.3) is 0 Å². The van der Waals surface area contributed by atoms with Crippen molar-refractivity contribution in [3.05, 3.63) is 48.3 Å². The van der Waals surface area contributed by atoms with Crippen LogP contribution >= 0.6 is 0 Å². The Morgan fingerprint density at radius 3 is 2.48 bits per heavy atom. The van der Waals surface area contributed by atoms with Gasteiger partial charge in [-0.25, -0.2) is 8.42 Å². The third-order valence-corrected chi connectivity index (χ3v) is 3.66. The van der Waals surface area contributed by atoms with Crippen LogP contribution in [0.5, 0.6) is 0 Å². The second kappa shape index (κ2) is 6.67. The molecule has 0 unspecified atom stereocenters. The van der Waals surface area contributed by atoms with E-state index in [0.29, 0.717) is 12.2 Å². The molecule has 114 valence electrons. The predicted octanol–water partition coefficient (Wildman–Crippen LogP) is 2.88. The number of rotatable bonds is 7. The monoisotopic (exact) mass is 307 g/mol. The number of anilines is 2. The lowest BCUT2D eigenvalue weighted by Gasteiger charge is -2.14. The first-order valence-electron chi connectivity index (χ1n) is 6.94. The Labute approximate surface area is 126 Å². The first-order valence-corrected chi connectivity index (χ1v) is 8.83. The molecule has 1 heterocycles. The fourth-order valence-corrected chi connectivity index (χ4v) is 2.76. The first-order chi connectivity index (χ1) is 9.99. The smallest absolute Gasteiger partial charge is 0.229 e. The van der Waals surface area contributed by atoms with Gasteiger partial charge in [0.2, 0.25) is 10.0 Å². The van der Waals surface area contributed by atoms with Crippen molar-refractivity contribution in [1.29, 1.82) is 0 Å². The molecule has 0 spiro atoms. The molecule has 1 aromatic carbocycles. The molecule has 0 aliphatic carbocycles. The second-order valence-corrected chi connectivity index (χ2v) is 6.71. The summed E-state index contributed by atoms with van der Waals surface area (Å²) in [5.41, 5.74) is 2.51. The third-order valence-electron chi connectivity index (χ3n) is 3.07. The number of para-hydroxylation sites is 2. The number of hydrogen-bond donors (Lipinski definition) is 2. The van der Waals surface area contributed by atoms with Gasteiger partial charge in [-0.2, -0.15) is 0 Å². The summed E-state index contributed by atoms with van der Waals surface area (Å²) in [5.74, 6) is 0. The lowest BCUT2D eigenvalue weighted by atomic mass is 10.2. The number of nitrogens with one attached hydrogen (secondary N) is 2. The topological polar surface area (TPSA) is 63.1 Å². The molecule has 0 bridgehead atoms. The number of aromatic nitrogens is 1.